The SMILES string of the molecule is Clc1nc2ccccc2nc1OCC[C@H]1CCCCN1. The van der Waals surface area contributed by atoms with Crippen molar-refractivity contribution < 1.29 is 4.74 Å². The summed E-state index contributed by atoms with van der Waals surface area (Å²) in [6.45, 7) is 1.73. The Bertz CT molecular complexity index is 584. The van der Waals surface area contributed by atoms with Gasteiger partial charge in [-0.05, 0) is 37.9 Å². The topological polar surface area (TPSA) is 47.0 Å². The van der Waals surface area contributed by atoms with Gasteiger partial charge in [-0.2, -0.15) is 0 Å². The van der Waals surface area contributed by atoms with Gasteiger partial charge < -0.3 is 10.1 Å². The normalized spacial score (nSPS) is 19.1. The lowest BCUT2D eigenvalue weighted by Gasteiger charge is -2.23. The Balaban J connectivity index is 1.63. The summed E-state index contributed by atoms with van der Waals surface area (Å²) in [5, 5.41) is 3.83. The molecule has 1 aromatic carbocycles. The third kappa shape index (κ3) is 3.19. The molecule has 0 spiro atoms. The van der Waals surface area contributed by atoms with Crippen LogP contribution in [0.4, 0.5) is 0 Å². The Hall–Kier alpha value is -1.39. The van der Waals surface area contributed by atoms with Crippen molar-refractivity contribution in [3.05, 3.63) is 29.4 Å². The molecule has 1 saturated heterocycles. The number of hydrogen-bond donors (Lipinski definition) is 1. The van der Waals surface area contributed by atoms with E-state index in [9.17, 15) is 0 Å². The second-order valence-corrected chi connectivity index (χ2v) is 5.45. The lowest BCUT2D eigenvalue weighted by Crippen LogP contribution is -2.35. The Kier molecular flexibility index (Phi) is 4.33. The molecule has 2 heterocycles. The van der Waals surface area contributed by atoms with Crippen LogP contribution in [0.1, 0.15) is 25.7 Å². The number of aromatic nitrogens is 2. The van der Waals surface area contributed by atoms with E-state index < -0.39 is 0 Å². The maximum Gasteiger partial charge on any atom is 0.252 e. The van der Waals surface area contributed by atoms with Gasteiger partial charge in [-0.25, -0.2) is 9.97 Å². The first kappa shape index (κ1) is 13.6. The molecule has 1 fully saturated rings. The summed E-state index contributed by atoms with van der Waals surface area (Å²) in [5.41, 5.74) is 1.60. The minimum atomic E-state index is 0.334. The summed E-state index contributed by atoms with van der Waals surface area (Å²) >= 11 is 6.11. The van der Waals surface area contributed by atoms with Crippen molar-refractivity contribution in [2.45, 2.75) is 31.7 Å². The fourth-order valence-corrected chi connectivity index (χ4v) is 2.71. The van der Waals surface area contributed by atoms with Crippen LogP contribution in [-0.2, 0) is 0 Å². The van der Waals surface area contributed by atoms with Crippen LogP contribution in [0.5, 0.6) is 5.88 Å². The monoisotopic (exact) mass is 291 g/mol. The van der Waals surface area contributed by atoms with Gasteiger partial charge in [-0.15, -0.1) is 0 Å². The van der Waals surface area contributed by atoms with Crippen LogP contribution in [0.15, 0.2) is 24.3 Å². The Morgan fingerprint density at radius 2 is 2.00 bits per heavy atom. The Morgan fingerprint density at radius 3 is 2.75 bits per heavy atom. The molecule has 4 nitrogen and oxygen atoms in total. The molecule has 0 saturated carbocycles. The quantitative estimate of drug-likeness (QED) is 0.940. The molecule has 5 heteroatoms. The molecule has 0 aliphatic carbocycles. The first-order chi connectivity index (χ1) is 9.83. The second-order valence-electron chi connectivity index (χ2n) is 5.09. The van der Waals surface area contributed by atoms with E-state index in [4.69, 9.17) is 16.3 Å². The van der Waals surface area contributed by atoms with Gasteiger partial charge in [-0.1, -0.05) is 30.2 Å². The van der Waals surface area contributed by atoms with Gasteiger partial charge in [0.15, 0.2) is 5.15 Å². The van der Waals surface area contributed by atoms with Gasteiger partial charge in [0.2, 0.25) is 0 Å². The third-order valence-corrected chi connectivity index (χ3v) is 3.86. The number of halogens is 1. The largest absolute Gasteiger partial charge is 0.475 e. The molecule has 1 N–H and O–H groups in total. The highest BCUT2D eigenvalue weighted by molar-refractivity contribution is 6.31. The fourth-order valence-electron chi connectivity index (χ4n) is 2.52. The van der Waals surface area contributed by atoms with Crippen LogP contribution in [-0.4, -0.2) is 29.2 Å². The lowest BCUT2D eigenvalue weighted by molar-refractivity contribution is 0.261. The van der Waals surface area contributed by atoms with Crippen molar-refractivity contribution >= 4 is 22.6 Å². The number of para-hydroxylation sites is 2. The van der Waals surface area contributed by atoms with E-state index in [-0.39, 0.29) is 0 Å². The van der Waals surface area contributed by atoms with Gasteiger partial charge >= 0.3 is 0 Å². The first-order valence-electron chi connectivity index (χ1n) is 7.11. The smallest absolute Gasteiger partial charge is 0.252 e. The van der Waals surface area contributed by atoms with Gasteiger partial charge in [0.05, 0.1) is 17.6 Å². The molecule has 1 aliphatic rings. The molecule has 20 heavy (non-hydrogen) atoms. The highest BCUT2D eigenvalue weighted by atomic mass is 35.5. The molecule has 1 aromatic heterocycles. The van der Waals surface area contributed by atoms with Crippen molar-refractivity contribution in [1.82, 2.24) is 15.3 Å². The van der Waals surface area contributed by atoms with E-state index in [0.717, 1.165) is 24.0 Å². The molecular formula is C15H18ClN3O. The average molecular weight is 292 g/mol. The van der Waals surface area contributed by atoms with Crippen molar-refractivity contribution in [2.75, 3.05) is 13.2 Å². The van der Waals surface area contributed by atoms with E-state index in [1.54, 1.807) is 0 Å². The highest BCUT2D eigenvalue weighted by Crippen LogP contribution is 2.23. The van der Waals surface area contributed by atoms with Gasteiger partial charge in [0, 0.05) is 6.04 Å². The van der Waals surface area contributed by atoms with Gasteiger partial charge in [0.1, 0.15) is 0 Å². The van der Waals surface area contributed by atoms with Crippen LogP contribution in [0.25, 0.3) is 11.0 Å². The van der Waals surface area contributed by atoms with E-state index in [1.165, 1.54) is 19.3 Å². The predicted molar refractivity (Wildman–Crippen MR) is 80.3 cm³/mol. The zero-order valence-corrected chi connectivity index (χ0v) is 12.1. The average Bonchev–Trinajstić information content (AvgIpc) is 2.49. The summed E-state index contributed by atoms with van der Waals surface area (Å²) in [4.78, 5) is 8.72. The standard InChI is InChI=1S/C15H18ClN3O/c16-14-15(19-13-7-2-1-6-12(13)18-14)20-10-8-11-5-3-4-9-17-11/h1-2,6-7,11,17H,3-5,8-10H2/t11-/m1/s1. The second kappa shape index (κ2) is 6.37. The number of ether oxygens (including phenoxy) is 1. The summed E-state index contributed by atoms with van der Waals surface area (Å²) < 4.78 is 5.70. The zero-order chi connectivity index (χ0) is 13.8. The first-order valence-corrected chi connectivity index (χ1v) is 7.49. The van der Waals surface area contributed by atoms with E-state index in [1.807, 2.05) is 24.3 Å². The number of rotatable bonds is 4. The molecule has 0 unspecified atom stereocenters. The number of benzene rings is 1. The summed E-state index contributed by atoms with van der Waals surface area (Å²) in [6, 6.07) is 8.21. The van der Waals surface area contributed by atoms with Crippen LogP contribution >= 0.6 is 11.6 Å². The molecule has 0 radical (unpaired) electrons. The molecule has 3 rings (SSSR count). The number of hydrogen-bond acceptors (Lipinski definition) is 4. The fraction of sp³-hybridized carbons (Fsp3) is 0.467. The molecule has 106 valence electrons. The summed E-state index contributed by atoms with van der Waals surface area (Å²) in [6.07, 6.45) is 4.78. The predicted octanol–water partition coefficient (Wildman–Crippen LogP) is 3.19. The summed E-state index contributed by atoms with van der Waals surface area (Å²) in [5.74, 6) is 0.432. The number of fused-ring (bicyclic) bond motifs is 1. The molecule has 0 amide bonds. The lowest BCUT2D eigenvalue weighted by atomic mass is 10.0. The minimum absolute atomic E-state index is 0.334. The zero-order valence-electron chi connectivity index (χ0n) is 11.3. The van der Waals surface area contributed by atoms with Crippen molar-refractivity contribution in [1.29, 1.82) is 0 Å². The number of nitrogens with zero attached hydrogens (tertiary/aromatic N) is 2. The maximum atomic E-state index is 6.11. The van der Waals surface area contributed by atoms with E-state index in [2.05, 4.69) is 15.3 Å². The van der Waals surface area contributed by atoms with Crippen LogP contribution in [0.3, 0.4) is 0 Å². The van der Waals surface area contributed by atoms with Crippen LogP contribution in [0, 0.1) is 0 Å². The molecule has 0 bridgehead atoms. The molecule has 2 aromatic rings. The highest BCUT2D eigenvalue weighted by Gasteiger charge is 2.13. The Labute approximate surface area is 123 Å². The maximum absolute atomic E-state index is 6.11. The molecule has 1 atom stereocenters. The van der Waals surface area contributed by atoms with Crippen molar-refractivity contribution in [3.8, 4) is 5.88 Å². The van der Waals surface area contributed by atoms with Crippen LogP contribution in [0.2, 0.25) is 5.15 Å². The van der Waals surface area contributed by atoms with Crippen LogP contribution < -0.4 is 10.1 Å². The minimum Gasteiger partial charge on any atom is -0.475 e. The molecule has 1 aliphatic heterocycles. The third-order valence-electron chi connectivity index (χ3n) is 3.62. The number of piperidine rings is 1. The van der Waals surface area contributed by atoms with E-state index >= 15 is 0 Å². The van der Waals surface area contributed by atoms with Gasteiger partial charge in [-0.3, -0.25) is 0 Å². The van der Waals surface area contributed by atoms with Crippen molar-refractivity contribution in [2.24, 2.45) is 0 Å². The number of nitrogens with one attached hydrogen (secondary N) is 1. The Morgan fingerprint density at radius 1 is 1.20 bits per heavy atom. The van der Waals surface area contributed by atoms with Crippen molar-refractivity contribution in [3.63, 3.8) is 0 Å². The molecular weight excluding hydrogens is 274 g/mol. The van der Waals surface area contributed by atoms with E-state index in [0.29, 0.717) is 23.7 Å². The summed E-state index contributed by atoms with van der Waals surface area (Å²) in [7, 11) is 0. The van der Waals surface area contributed by atoms with Gasteiger partial charge in [0.25, 0.3) is 5.88 Å².